The highest BCUT2D eigenvalue weighted by molar-refractivity contribution is 6.01. The summed E-state index contributed by atoms with van der Waals surface area (Å²) < 4.78 is 1.92. The summed E-state index contributed by atoms with van der Waals surface area (Å²) in [5, 5.41) is 4.49. The van der Waals surface area contributed by atoms with Crippen molar-refractivity contribution in [2.75, 3.05) is 0 Å². The van der Waals surface area contributed by atoms with Gasteiger partial charge < -0.3 is 0 Å². The van der Waals surface area contributed by atoms with Crippen molar-refractivity contribution >= 4 is 5.78 Å². The fraction of sp³-hybridized carbons (Fsp3) is 0.286. The number of carbonyl (C=O) groups excluding carboxylic acids is 1. The SMILES string of the molecule is Cc1cccc(-n2nc(C)c3c2CCC3=O)c1. The smallest absolute Gasteiger partial charge is 0.166 e. The van der Waals surface area contributed by atoms with Gasteiger partial charge in [0.15, 0.2) is 5.78 Å². The van der Waals surface area contributed by atoms with E-state index in [2.05, 4.69) is 24.2 Å². The average Bonchev–Trinajstić information content (AvgIpc) is 2.82. The van der Waals surface area contributed by atoms with Crippen LogP contribution in [0.4, 0.5) is 0 Å². The third-order valence-corrected chi connectivity index (χ3v) is 3.27. The number of ketones is 1. The largest absolute Gasteiger partial charge is 0.294 e. The molecule has 86 valence electrons. The maximum Gasteiger partial charge on any atom is 0.166 e. The highest BCUT2D eigenvalue weighted by Gasteiger charge is 2.27. The van der Waals surface area contributed by atoms with Crippen LogP contribution in [0, 0.1) is 13.8 Å². The Labute approximate surface area is 100 Å². The Hall–Kier alpha value is -1.90. The highest BCUT2D eigenvalue weighted by Crippen LogP contribution is 2.27. The zero-order valence-electron chi connectivity index (χ0n) is 10.0. The van der Waals surface area contributed by atoms with Gasteiger partial charge in [-0.2, -0.15) is 5.10 Å². The monoisotopic (exact) mass is 226 g/mol. The minimum atomic E-state index is 0.233. The van der Waals surface area contributed by atoms with Gasteiger partial charge in [-0.25, -0.2) is 4.68 Å². The molecule has 3 heteroatoms. The molecule has 1 aliphatic carbocycles. The van der Waals surface area contributed by atoms with Gasteiger partial charge in [0.1, 0.15) is 0 Å². The first-order valence-corrected chi connectivity index (χ1v) is 5.85. The topological polar surface area (TPSA) is 34.9 Å². The highest BCUT2D eigenvalue weighted by atomic mass is 16.1. The van der Waals surface area contributed by atoms with E-state index in [0.717, 1.165) is 29.1 Å². The Bertz CT molecular complexity index is 611. The molecule has 0 spiro atoms. The van der Waals surface area contributed by atoms with Gasteiger partial charge in [-0.15, -0.1) is 0 Å². The van der Waals surface area contributed by atoms with Gasteiger partial charge in [-0.1, -0.05) is 12.1 Å². The lowest BCUT2D eigenvalue weighted by molar-refractivity contribution is 0.0994. The van der Waals surface area contributed by atoms with Crippen LogP contribution in [-0.4, -0.2) is 15.6 Å². The molecule has 0 N–H and O–H groups in total. The quantitative estimate of drug-likeness (QED) is 0.749. The lowest BCUT2D eigenvalue weighted by atomic mass is 10.2. The van der Waals surface area contributed by atoms with Crippen molar-refractivity contribution in [1.82, 2.24) is 9.78 Å². The third kappa shape index (κ3) is 1.50. The van der Waals surface area contributed by atoms with Crippen LogP contribution in [0.25, 0.3) is 5.69 Å². The molecule has 0 unspecified atom stereocenters. The summed E-state index contributed by atoms with van der Waals surface area (Å²) in [5.74, 6) is 0.233. The summed E-state index contributed by atoms with van der Waals surface area (Å²) >= 11 is 0. The van der Waals surface area contributed by atoms with Gasteiger partial charge in [-0.05, 0) is 38.0 Å². The number of aromatic nitrogens is 2. The number of nitrogens with zero attached hydrogens (tertiary/aromatic N) is 2. The standard InChI is InChI=1S/C14H14N2O/c1-9-4-3-5-11(8-9)16-12-6-7-13(17)14(12)10(2)15-16/h3-5,8H,6-7H2,1-2H3. The molecular weight excluding hydrogens is 212 g/mol. The fourth-order valence-corrected chi connectivity index (χ4v) is 2.50. The Balaban J connectivity index is 2.20. The summed E-state index contributed by atoms with van der Waals surface area (Å²) in [6.07, 6.45) is 1.43. The van der Waals surface area contributed by atoms with E-state index in [4.69, 9.17) is 0 Å². The van der Waals surface area contributed by atoms with Crippen molar-refractivity contribution in [3.05, 3.63) is 46.8 Å². The van der Waals surface area contributed by atoms with E-state index < -0.39 is 0 Å². The van der Waals surface area contributed by atoms with Gasteiger partial charge in [0.2, 0.25) is 0 Å². The summed E-state index contributed by atoms with van der Waals surface area (Å²) in [5.41, 5.74) is 5.01. The van der Waals surface area contributed by atoms with Gasteiger partial charge in [-0.3, -0.25) is 4.79 Å². The summed E-state index contributed by atoms with van der Waals surface area (Å²) in [6, 6.07) is 8.20. The average molecular weight is 226 g/mol. The van der Waals surface area contributed by atoms with Gasteiger partial charge in [0, 0.05) is 6.42 Å². The normalized spacial score (nSPS) is 14.1. The number of rotatable bonds is 1. The van der Waals surface area contributed by atoms with E-state index in [-0.39, 0.29) is 5.78 Å². The molecule has 3 rings (SSSR count). The molecule has 2 aromatic rings. The van der Waals surface area contributed by atoms with E-state index in [1.807, 2.05) is 23.7 Å². The summed E-state index contributed by atoms with van der Waals surface area (Å²) in [4.78, 5) is 11.7. The number of hydrogen-bond donors (Lipinski definition) is 0. The molecule has 1 aromatic heterocycles. The molecule has 17 heavy (non-hydrogen) atoms. The minimum absolute atomic E-state index is 0.233. The predicted molar refractivity (Wildman–Crippen MR) is 65.7 cm³/mol. The lowest BCUT2D eigenvalue weighted by Crippen LogP contribution is -2.01. The lowest BCUT2D eigenvalue weighted by Gasteiger charge is -2.05. The maximum atomic E-state index is 11.7. The number of fused-ring (bicyclic) bond motifs is 1. The van der Waals surface area contributed by atoms with Gasteiger partial charge in [0.05, 0.1) is 22.6 Å². The number of benzene rings is 1. The first kappa shape index (κ1) is 10.3. The first-order valence-electron chi connectivity index (χ1n) is 5.85. The molecule has 0 bridgehead atoms. The Morgan fingerprint density at radius 1 is 1.24 bits per heavy atom. The van der Waals surface area contributed by atoms with Crippen molar-refractivity contribution in [2.24, 2.45) is 0 Å². The summed E-state index contributed by atoms with van der Waals surface area (Å²) in [7, 11) is 0. The van der Waals surface area contributed by atoms with Crippen molar-refractivity contribution in [3.63, 3.8) is 0 Å². The van der Waals surface area contributed by atoms with E-state index in [0.29, 0.717) is 6.42 Å². The van der Waals surface area contributed by atoms with Crippen LogP contribution in [0.5, 0.6) is 0 Å². The van der Waals surface area contributed by atoms with Crippen molar-refractivity contribution in [2.45, 2.75) is 26.7 Å². The molecule has 0 aliphatic heterocycles. The third-order valence-electron chi connectivity index (χ3n) is 3.27. The number of hydrogen-bond acceptors (Lipinski definition) is 2. The Morgan fingerprint density at radius 3 is 2.82 bits per heavy atom. The molecule has 3 nitrogen and oxygen atoms in total. The Kier molecular flexibility index (Phi) is 2.15. The predicted octanol–water partition coefficient (Wildman–Crippen LogP) is 2.62. The van der Waals surface area contributed by atoms with Gasteiger partial charge in [0.25, 0.3) is 0 Å². The van der Waals surface area contributed by atoms with Crippen LogP contribution in [0.3, 0.4) is 0 Å². The number of Topliss-reactive ketones (excluding diaryl/α,β-unsaturated/α-hetero) is 1. The molecular formula is C14H14N2O. The molecule has 0 radical (unpaired) electrons. The van der Waals surface area contributed by atoms with Crippen molar-refractivity contribution < 1.29 is 4.79 Å². The molecule has 0 fully saturated rings. The second-order valence-corrected chi connectivity index (χ2v) is 4.58. The Morgan fingerprint density at radius 2 is 2.06 bits per heavy atom. The molecule has 1 aliphatic rings. The molecule has 1 aromatic carbocycles. The van der Waals surface area contributed by atoms with Crippen molar-refractivity contribution in [1.29, 1.82) is 0 Å². The molecule has 1 heterocycles. The summed E-state index contributed by atoms with van der Waals surface area (Å²) in [6.45, 7) is 3.97. The number of carbonyl (C=O) groups is 1. The van der Waals surface area contributed by atoms with Crippen LogP contribution < -0.4 is 0 Å². The zero-order valence-corrected chi connectivity index (χ0v) is 10.0. The van der Waals surface area contributed by atoms with Crippen LogP contribution >= 0.6 is 0 Å². The second-order valence-electron chi connectivity index (χ2n) is 4.58. The zero-order chi connectivity index (χ0) is 12.0. The molecule has 0 atom stereocenters. The second kappa shape index (κ2) is 3.55. The first-order chi connectivity index (χ1) is 8.16. The number of aryl methyl sites for hydroxylation is 2. The molecule has 0 amide bonds. The van der Waals surface area contributed by atoms with Crippen LogP contribution in [0.15, 0.2) is 24.3 Å². The molecule has 0 saturated heterocycles. The van der Waals surface area contributed by atoms with E-state index in [9.17, 15) is 4.79 Å². The van der Waals surface area contributed by atoms with Gasteiger partial charge >= 0.3 is 0 Å². The maximum absolute atomic E-state index is 11.7. The van der Waals surface area contributed by atoms with E-state index in [1.54, 1.807) is 0 Å². The van der Waals surface area contributed by atoms with Crippen LogP contribution in [0.2, 0.25) is 0 Å². The minimum Gasteiger partial charge on any atom is -0.294 e. The fourth-order valence-electron chi connectivity index (χ4n) is 2.50. The van der Waals surface area contributed by atoms with E-state index >= 15 is 0 Å². The van der Waals surface area contributed by atoms with E-state index in [1.165, 1.54) is 5.56 Å². The van der Waals surface area contributed by atoms with Crippen molar-refractivity contribution in [3.8, 4) is 5.69 Å². The van der Waals surface area contributed by atoms with Crippen LogP contribution in [-0.2, 0) is 6.42 Å². The molecule has 0 saturated carbocycles. The van der Waals surface area contributed by atoms with Crippen LogP contribution in [0.1, 0.15) is 33.7 Å².